The molecule has 6 heteroatoms. The molecule has 6 nitrogen and oxygen atoms in total. The molecule has 0 spiro atoms. The van der Waals surface area contributed by atoms with Gasteiger partial charge in [0.15, 0.2) is 0 Å². The molecule has 0 aromatic heterocycles. The van der Waals surface area contributed by atoms with E-state index in [4.69, 9.17) is 4.74 Å². The number of hydrogen-bond acceptors (Lipinski definition) is 4. The van der Waals surface area contributed by atoms with Crippen molar-refractivity contribution < 1.29 is 19.1 Å². The summed E-state index contributed by atoms with van der Waals surface area (Å²) in [6.45, 7) is 2.45. The molecular formula is C19H24N2O4. The van der Waals surface area contributed by atoms with Gasteiger partial charge < -0.3 is 9.64 Å². The number of carbonyl (C=O) groups is 3. The molecular weight excluding hydrogens is 320 g/mol. The lowest BCUT2D eigenvalue weighted by Crippen LogP contribution is -2.36. The smallest absolute Gasteiger partial charge is 0.261 e. The minimum absolute atomic E-state index is 0.0383. The molecule has 1 saturated heterocycles. The van der Waals surface area contributed by atoms with Crippen molar-refractivity contribution in [2.75, 3.05) is 33.4 Å². The van der Waals surface area contributed by atoms with Gasteiger partial charge in [-0.2, -0.15) is 0 Å². The van der Waals surface area contributed by atoms with Crippen molar-refractivity contribution in [3.63, 3.8) is 0 Å². The Morgan fingerprint density at radius 3 is 2.36 bits per heavy atom. The second kappa shape index (κ2) is 7.78. The standard InChI is InChI=1S/C19H24N2O4/c1-20(10-6-14-8-12-25-13-9-14)17(22)7-11-21-18(23)15-4-2-3-5-16(15)19(21)24/h2-5,14H,6-13H2,1H3. The van der Waals surface area contributed by atoms with Crippen LogP contribution in [-0.4, -0.2) is 60.9 Å². The van der Waals surface area contributed by atoms with E-state index in [-0.39, 0.29) is 30.7 Å². The lowest BCUT2D eigenvalue weighted by molar-refractivity contribution is -0.130. The molecule has 1 aromatic carbocycles. The number of nitrogens with zero attached hydrogens (tertiary/aromatic N) is 2. The highest BCUT2D eigenvalue weighted by Gasteiger charge is 2.35. The fourth-order valence-electron chi connectivity index (χ4n) is 3.38. The summed E-state index contributed by atoms with van der Waals surface area (Å²) in [5, 5.41) is 0. The third-order valence-corrected chi connectivity index (χ3v) is 5.07. The third-order valence-electron chi connectivity index (χ3n) is 5.07. The molecule has 0 atom stereocenters. The fourth-order valence-corrected chi connectivity index (χ4v) is 3.38. The molecule has 0 N–H and O–H groups in total. The molecule has 0 saturated carbocycles. The molecule has 1 aromatic rings. The van der Waals surface area contributed by atoms with Gasteiger partial charge in [-0.05, 0) is 37.3 Å². The number of imide groups is 1. The molecule has 2 heterocycles. The topological polar surface area (TPSA) is 66.9 Å². The second-order valence-corrected chi connectivity index (χ2v) is 6.72. The first kappa shape index (κ1) is 17.6. The summed E-state index contributed by atoms with van der Waals surface area (Å²) in [5.74, 6) is -0.0413. The van der Waals surface area contributed by atoms with Crippen molar-refractivity contribution >= 4 is 17.7 Å². The molecule has 3 rings (SSSR count). The van der Waals surface area contributed by atoms with Gasteiger partial charge in [0.25, 0.3) is 11.8 Å². The largest absolute Gasteiger partial charge is 0.381 e. The van der Waals surface area contributed by atoms with Crippen molar-refractivity contribution in [1.29, 1.82) is 0 Å². The Morgan fingerprint density at radius 2 is 1.76 bits per heavy atom. The van der Waals surface area contributed by atoms with Gasteiger partial charge in [0, 0.05) is 39.8 Å². The number of ether oxygens (including phenoxy) is 1. The summed E-state index contributed by atoms with van der Waals surface area (Å²) in [7, 11) is 1.78. The van der Waals surface area contributed by atoms with Crippen molar-refractivity contribution in [2.45, 2.75) is 25.7 Å². The molecule has 0 radical (unpaired) electrons. The minimum atomic E-state index is -0.307. The maximum Gasteiger partial charge on any atom is 0.261 e. The van der Waals surface area contributed by atoms with Crippen LogP contribution in [0, 0.1) is 5.92 Å². The molecule has 2 aliphatic rings. The normalized spacial score (nSPS) is 17.7. The van der Waals surface area contributed by atoms with Crippen LogP contribution in [0.5, 0.6) is 0 Å². The maximum atomic E-state index is 12.3. The Kier molecular flexibility index (Phi) is 5.48. The van der Waals surface area contributed by atoms with Gasteiger partial charge in [-0.1, -0.05) is 12.1 Å². The highest BCUT2D eigenvalue weighted by molar-refractivity contribution is 6.21. The first-order valence-electron chi connectivity index (χ1n) is 8.85. The second-order valence-electron chi connectivity index (χ2n) is 6.72. The van der Waals surface area contributed by atoms with E-state index in [9.17, 15) is 14.4 Å². The van der Waals surface area contributed by atoms with Crippen LogP contribution in [0.25, 0.3) is 0 Å². The van der Waals surface area contributed by atoms with Crippen molar-refractivity contribution in [3.8, 4) is 0 Å². The van der Waals surface area contributed by atoms with Gasteiger partial charge in [0.05, 0.1) is 11.1 Å². The van der Waals surface area contributed by atoms with Gasteiger partial charge >= 0.3 is 0 Å². The van der Waals surface area contributed by atoms with E-state index in [1.54, 1.807) is 36.2 Å². The van der Waals surface area contributed by atoms with Gasteiger partial charge in [-0.15, -0.1) is 0 Å². The number of fused-ring (bicyclic) bond motifs is 1. The van der Waals surface area contributed by atoms with E-state index in [1.165, 1.54) is 4.90 Å². The van der Waals surface area contributed by atoms with Crippen molar-refractivity contribution in [2.24, 2.45) is 5.92 Å². The van der Waals surface area contributed by atoms with Crippen molar-refractivity contribution in [3.05, 3.63) is 35.4 Å². The predicted molar refractivity (Wildman–Crippen MR) is 92.2 cm³/mol. The van der Waals surface area contributed by atoms with Gasteiger partial charge in [-0.25, -0.2) is 0 Å². The minimum Gasteiger partial charge on any atom is -0.381 e. The Labute approximate surface area is 147 Å². The number of amides is 3. The number of hydrogen-bond donors (Lipinski definition) is 0. The first-order valence-corrected chi connectivity index (χ1v) is 8.85. The summed E-state index contributed by atoms with van der Waals surface area (Å²) >= 11 is 0. The van der Waals surface area contributed by atoms with E-state index in [0.717, 1.165) is 32.5 Å². The van der Waals surface area contributed by atoms with Crippen LogP contribution in [0.2, 0.25) is 0 Å². The molecule has 134 valence electrons. The highest BCUT2D eigenvalue weighted by atomic mass is 16.5. The summed E-state index contributed by atoms with van der Waals surface area (Å²) in [4.78, 5) is 39.8. The lowest BCUT2D eigenvalue weighted by Gasteiger charge is -2.25. The Morgan fingerprint density at radius 1 is 1.16 bits per heavy atom. The monoisotopic (exact) mass is 344 g/mol. The van der Waals surface area contributed by atoms with Gasteiger partial charge in [0.1, 0.15) is 0 Å². The van der Waals surface area contributed by atoms with Gasteiger partial charge in [-0.3, -0.25) is 19.3 Å². The summed E-state index contributed by atoms with van der Waals surface area (Å²) in [6, 6.07) is 6.78. The van der Waals surface area contributed by atoms with E-state index in [0.29, 0.717) is 23.6 Å². The fraction of sp³-hybridized carbons (Fsp3) is 0.526. The van der Waals surface area contributed by atoms with Crippen LogP contribution < -0.4 is 0 Å². The molecule has 3 amide bonds. The van der Waals surface area contributed by atoms with Crippen LogP contribution in [0.3, 0.4) is 0 Å². The van der Waals surface area contributed by atoms with E-state index >= 15 is 0 Å². The van der Waals surface area contributed by atoms with Crippen LogP contribution in [-0.2, 0) is 9.53 Å². The maximum absolute atomic E-state index is 12.3. The Balaban J connectivity index is 1.47. The Bertz CT molecular complexity index is 632. The van der Waals surface area contributed by atoms with Crippen molar-refractivity contribution in [1.82, 2.24) is 9.80 Å². The Hall–Kier alpha value is -2.21. The predicted octanol–water partition coefficient (Wildman–Crippen LogP) is 1.95. The number of benzene rings is 1. The molecule has 0 aliphatic carbocycles. The first-order chi connectivity index (χ1) is 12.1. The van der Waals surface area contributed by atoms with E-state index in [2.05, 4.69) is 0 Å². The molecule has 0 unspecified atom stereocenters. The van der Waals surface area contributed by atoms with Gasteiger partial charge in [0.2, 0.25) is 5.91 Å². The quantitative estimate of drug-likeness (QED) is 0.740. The zero-order valence-corrected chi connectivity index (χ0v) is 14.6. The average Bonchev–Trinajstić information content (AvgIpc) is 2.89. The lowest BCUT2D eigenvalue weighted by atomic mass is 9.96. The summed E-state index contributed by atoms with van der Waals surface area (Å²) in [5.41, 5.74) is 0.848. The summed E-state index contributed by atoms with van der Waals surface area (Å²) in [6.07, 6.45) is 3.24. The number of rotatable bonds is 6. The van der Waals surface area contributed by atoms with Crippen LogP contribution in [0.1, 0.15) is 46.4 Å². The SMILES string of the molecule is CN(CCC1CCOCC1)C(=O)CCN1C(=O)c2ccccc2C1=O. The third kappa shape index (κ3) is 3.90. The highest BCUT2D eigenvalue weighted by Crippen LogP contribution is 2.23. The zero-order chi connectivity index (χ0) is 17.8. The van der Waals surface area contributed by atoms with Crippen LogP contribution in [0.15, 0.2) is 24.3 Å². The number of carbonyl (C=O) groups excluding carboxylic acids is 3. The van der Waals surface area contributed by atoms with E-state index < -0.39 is 0 Å². The van der Waals surface area contributed by atoms with Crippen LogP contribution in [0.4, 0.5) is 0 Å². The average molecular weight is 344 g/mol. The molecule has 25 heavy (non-hydrogen) atoms. The molecule has 1 fully saturated rings. The molecule has 2 aliphatic heterocycles. The summed E-state index contributed by atoms with van der Waals surface area (Å²) < 4.78 is 5.35. The molecule has 0 bridgehead atoms. The zero-order valence-electron chi connectivity index (χ0n) is 14.6. The van der Waals surface area contributed by atoms with E-state index in [1.807, 2.05) is 0 Å². The van der Waals surface area contributed by atoms with Crippen LogP contribution >= 0.6 is 0 Å².